The van der Waals surface area contributed by atoms with Gasteiger partial charge in [0.05, 0.1) is 0 Å². The second kappa shape index (κ2) is 4.42. The smallest absolute Gasteiger partial charge is 0.257 e. The molecule has 5 heteroatoms. The first-order chi connectivity index (χ1) is 8.74. The van der Waals surface area contributed by atoms with Gasteiger partial charge in [-0.2, -0.15) is 5.10 Å². The molecule has 0 aliphatic rings. The number of hydrogen-bond acceptors (Lipinski definition) is 2. The summed E-state index contributed by atoms with van der Waals surface area (Å²) in [5, 5.41) is 7.06. The molecule has 0 fully saturated rings. The highest BCUT2D eigenvalue weighted by atomic mass is 79.9. The van der Waals surface area contributed by atoms with Gasteiger partial charge >= 0.3 is 0 Å². The fourth-order valence-electron chi connectivity index (χ4n) is 1.92. The summed E-state index contributed by atoms with van der Waals surface area (Å²) in [6, 6.07) is 13.1. The minimum absolute atomic E-state index is 0.0617. The number of nitrogens with zero attached hydrogens (tertiary/aromatic N) is 2. The molecule has 0 unspecified atom stereocenters. The van der Waals surface area contributed by atoms with Gasteiger partial charge in [-0.3, -0.25) is 9.89 Å². The Balaban J connectivity index is 2.05. The molecule has 90 valence electrons. The second-order valence-corrected chi connectivity index (χ2v) is 4.94. The van der Waals surface area contributed by atoms with Crippen LogP contribution in [0.3, 0.4) is 0 Å². The number of hydrogen-bond donors (Lipinski definition) is 1. The third-order valence-electron chi connectivity index (χ3n) is 2.79. The van der Waals surface area contributed by atoms with E-state index in [4.69, 9.17) is 0 Å². The average Bonchev–Trinajstić information content (AvgIpc) is 2.77. The zero-order valence-electron chi connectivity index (χ0n) is 9.43. The van der Waals surface area contributed by atoms with Crippen molar-refractivity contribution in [2.75, 3.05) is 0 Å². The van der Waals surface area contributed by atoms with Gasteiger partial charge in [-0.25, -0.2) is 4.40 Å². The van der Waals surface area contributed by atoms with E-state index in [1.807, 2.05) is 30.3 Å². The third-order valence-corrected chi connectivity index (χ3v) is 3.32. The van der Waals surface area contributed by atoms with Gasteiger partial charge in [-0.05, 0) is 23.8 Å². The van der Waals surface area contributed by atoms with Gasteiger partial charge in [-0.15, -0.1) is 0 Å². The Hall–Kier alpha value is -1.88. The molecule has 3 rings (SSSR count). The lowest BCUT2D eigenvalue weighted by Gasteiger charge is -2.00. The van der Waals surface area contributed by atoms with E-state index >= 15 is 0 Å². The number of nitrogens with one attached hydrogen (secondary N) is 1. The maximum atomic E-state index is 11.8. The van der Waals surface area contributed by atoms with Crippen LogP contribution in [0.5, 0.6) is 0 Å². The van der Waals surface area contributed by atoms with E-state index in [9.17, 15) is 4.79 Å². The quantitative estimate of drug-likeness (QED) is 0.790. The van der Waals surface area contributed by atoms with E-state index in [-0.39, 0.29) is 5.56 Å². The SMILES string of the molecule is O=c1cccc2[nH]nc(Cc3ccc(Br)cc3)n12. The van der Waals surface area contributed by atoms with Crippen molar-refractivity contribution < 1.29 is 0 Å². The van der Waals surface area contributed by atoms with E-state index in [1.165, 1.54) is 6.07 Å². The number of aromatic amines is 1. The Bertz CT molecular complexity index is 743. The average molecular weight is 304 g/mol. The summed E-state index contributed by atoms with van der Waals surface area (Å²) < 4.78 is 2.64. The number of fused-ring (bicyclic) bond motifs is 1. The lowest BCUT2D eigenvalue weighted by atomic mass is 10.1. The Morgan fingerprint density at radius 2 is 1.94 bits per heavy atom. The van der Waals surface area contributed by atoms with Crippen LogP contribution in [0.15, 0.2) is 51.7 Å². The highest BCUT2D eigenvalue weighted by Crippen LogP contribution is 2.13. The molecular formula is C13H10BrN3O. The van der Waals surface area contributed by atoms with Crippen LogP contribution in [0.2, 0.25) is 0 Å². The molecule has 0 saturated carbocycles. The van der Waals surface area contributed by atoms with Crippen LogP contribution >= 0.6 is 15.9 Å². The first-order valence-corrected chi connectivity index (χ1v) is 6.33. The number of halogens is 1. The van der Waals surface area contributed by atoms with Gasteiger partial charge in [0.25, 0.3) is 5.56 Å². The lowest BCUT2D eigenvalue weighted by Crippen LogP contribution is -2.13. The van der Waals surface area contributed by atoms with Crippen molar-refractivity contribution in [3.63, 3.8) is 0 Å². The molecule has 0 aliphatic carbocycles. The largest absolute Gasteiger partial charge is 0.269 e. The first kappa shape index (κ1) is 11.2. The van der Waals surface area contributed by atoms with Crippen molar-refractivity contribution in [3.8, 4) is 0 Å². The van der Waals surface area contributed by atoms with Gasteiger partial charge in [0.15, 0.2) is 0 Å². The Morgan fingerprint density at radius 1 is 1.17 bits per heavy atom. The highest BCUT2D eigenvalue weighted by molar-refractivity contribution is 9.10. The molecule has 0 bridgehead atoms. The molecule has 2 heterocycles. The molecule has 18 heavy (non-hydrogen) atoms. The summed E-state index contributed by atoms with van der Waals surface area (Å²) in [4.78, 5) is 11.8. The predicted octanol–water partition coefficient (Wildman–Crippen LogP) is 2.38. The van der Waals surface area contributed by atoms with E-state index in [1.54, 1.807) is 10.5 Å². The van der Waals surface area contributed by atoms with E-state index < -0.39 is 0 Å². The molecule has 0 spiro atoms. The zero-order chi connectivity index (χ0) is 12.5. The Labute approximate surface area is 111 Å². The van der Waals surface area contributed by atoms with Crippen LogP contribution in [0.4, 0.5) is 0 Å². The molecule has 4 nitrogen and oxygen atoms in total. The summed E-state index contributed by atoms with van der Waals surface area (Å²) in [5.74, 6) is 0.720. The molecule has 3 aromatic rings. The predicted molar refractivity (Wildman–Crippen MR) is 72.8 cm³/mol. The van der Waals surface area contributed by atoms with Crippen LogP contribution in [0, 0.1) is 0 Å². The van der Waals surface area contributed by atoms with Crippen molar-refractivity contribution >= 4 is 21.6 Å². The van der Waals surface area contributed by atoms with Crippen LogP contribution < -0.4 is 5.56 Å². The molecule has 0 atom stereocenters. The molecule has 0 saturated heterocycles. The standard InChI is InChI=1S/C13H10BrN3O/c14-10-6-4-9(5-7-10)8-12-16-15-11-2-1-3-13(18)17(11)12/h1-7,15H,8H2. The summed E-state index contributed by atoms with van der Waals surface area (Å²) in [5.41, 5.74) is 1.77. The summed E-state index contributed by atoms with van der Waals surface area (Å²) >= 11 is 3.40. The Morgan fingerprint density at radius 3 is 2.72 bits per heavy atom. The number of pyridine rings is 1. The molecule has 0 amide bonds. The van der Waals surface area contributed by atoms with Gasteiger partial charge < -0.3 is 0 Å². The van der Waals surface area contributed by atoms with Gasteiger partial charge in [0.1, 0.15) is 11.5 Å². The summed E-state index contributed by atoms with van der Waals surface area (Å²) in [6.45, 7) is 0. The maximum Gasteiger partial charge on any atom is 0.257 e. The van der Waals surface area contributed by atoms with Gasteiger partial charge in [0, 0.05) is 17.0 Å². The topological polar surface area (TPSA) is 50.2 Å². The monoisotopic (exact) mass is 303 g/mol. The minimum atomic E-state index is -0.0617. The summed E-state index contributed by atoms with van der Waals surface area (Å²) in [6.07, 6.45) is 0.622. The van der Waals surface area contributed by atoms with Crippen molar-refractivity contribution in [2.24, 2.45) is 0 Å². The van der Waals surface area contributed by atoms with Crippen molar-refractivity contribution in [1.29, 1.82) is 0 Å². The number of rotatable bonds is 2. The normalized spacial score (nSPS) is 10.9. The number of H-pyrrole nitrogens is 1. The molecule has 0 aliphatic heterocycles. The summed E-state index contributed by atoms with van der Waals surface area (Å²) in [7, 11) is 0. The zero-order valence-corrected chi connectivity index (χ0v) is 11.0. The van der Waals surface area contributed by atoms with Crippen molar-refractivity contribution in [2.45, 2.75) is 6.42 Å². The number of benzene rings is 1. The fourth-order valence-corrected chi connectivity index (χ4v) is 2.18. The van der Waals surface area contributed by atoms with E-state index in [0.29, 0.717) is 6.42 Å². The van der Waals surface area contributed by atoms with Crippen LogP contribution in [-0.2, 0) is 6.42 Å². The molecule has 1 N–H and O–H groups in total. The van der Waals surface area contributed by atoms with E-state index in [0.717, 1.165) is 21.5 Å². The fraction of sp³-hybridized carbons (Fsp3) is 0.0769. The highest BCUT2D eigenvalue weighted by Gasteiger charge is 2.07. The van der Waals surface area contributed by atoms with Crippen LogP contribution in [-0.4, -0.2) is 14.6 Å². The van der Waals surface area contributed by atoms with Crippen molar-refractivity contribution in [3.05, 3.63) is 68.7 Å². The molecule has 0 radical (unpaired) electrons. The molecule has 2 aromatic heterocycles. The van der Waals surface area contributed by atoms with Gasteiger partial charge in [-0.1, -0.05) is 34.1 Å². The molecular weight excluding hydrogens is 294 g/mol. The second-order valence-electron chi connectivity index (χ2n) is 4.03. The minimum Gasteiger partial charge on any atom is -0.269 e. The van der Waals surface area contributed by atoms with Crippen molar-refractivity contribution in [1.82, 2.24) is 14.6 Å². The first-order valence-electron chi connectivity index (χ1n) is 5.53. The molecule has 1 aromatic carbocycles. The van der Waals surface area contributed by atoms with E-state index in [2.05, 4.69) is 26.1 Å². The van der Waals surface area contributed by atoms with Crippen LogP contribution in [0.1, 0.15) is 11.4 Å². The maximum absolute atomic E-state index is 11.8. The lowest BCUT2D eigenvalue weighted by molar-refractivity contribution is 0.917. The third kappa shape index (κ3) is 1.97. The Kier molecular flexibility index (Phi) is 2.76. The van der Waals surface area contributed by atoms with Gasteiger partial charge in [0.2, 0.25) is 0 Å². The number of aromatic nitrogens is 3. The van der Waals surface area contributed by atoms with Crippen LogP contribution in [0.25, 0.3) is 5.65 Å².